The molecule has 1 amide bonds. The molecule has 2 N–H and O–H groups in total. The molecule has 2 aromatic carbocycles. The first-order valence-corrected chi connectivity index (χ1v) is 8.79. The Kier molecular flexibility index (Phi) is 7.03. The number of hydrogen-bond donors (Lipinski definition) is 2. The minimum Gasteiger partial charge on any atom is -0.374 e. The van der Waals surface area contributed by atoms with Gasteiger partial charge in [-0.05, 0) is 49.6 Å². The molecule has 0 unspecified atom stereocenters. The maximum Gasteiger partial charge on any atom is 0.246 e. The van der Waals surface area contributed by atoms with Crippen LogP contribution in [0.15, 0.2) is 48.5 Å². The van der Waals surface area contributed by atoms with Gasteiger partial charge in [-0.2, -0.15) is 5.26 Å². The summed E-state index contributed by atoms with van der Waals surface area (Å²) in [6.45, 7) is 4.01. The highest BCUT2D eigenvalue weighted by molar-refractivity contribution is 5.97. The number of rotatable bonds is 8. The van der Waals surface area contributed by atoms with E-state index in [1.54, 1.807) is 31.2 Å². The first-order chi connectivity index (χ1) is 12.1. The van der Waals surface area contributed by atoms with E-state index in [1.807, 2.05) is 12.1 Å². The number of unbranched alkanes of at least 4 members (excludes halogenated alkanes) is 2. The van der Waals surface area contributed by atoms with Gasteiger partial charge in [-0.25, -0.2) is 0 Å². The van der Waals surface area contributed by atoms with Crippen molar-refractivity contribution in [2.45, 2.75) is 45.6 Å². The quantitative estimate of drug-likeness (QED) is 0.685. The van der Waals surface area contributed by atoms with E-state index in [9.17, 15) is 4.79 Å². The van der Waals surface area contributed by atoms with Crippen molar-refractivity contribution in [2.24, 2.45) is 0 Å². The molecular formula is C21H25N3O. The Morgan fingerprint density at radius 1 is 1.12 bits per heavy atom. The molecule has 0 saturated heterocycles. The molecular weight excluding hydrogens is 310 g/mol. The Hall–Kier alpha value is -2.80. The van der Waals surface area contributed by atoms with Crippen LogP contribution >= 0.6 is 0 Å². The number of amides is 1. The topological polar surface area (TPSA) is 64.9 Å². The van der Waals surface area contributed by atoms with Crippen LogP contribution in [0.25, 0.3) is 0 Å². The molecule has 0 heterocycles. The number of nitrogens with one attached hydrogen (secondary N) is 2. The summed E-state index contributed by atoms with van der Waals surface area (Å²) in [7, 11) is 0. The second kappa shape index (κ2) is 9.48. The van der Waals surface area contributed by atoms with Crippen molar-refractivity contribution in [3.63, 3.8) is 0 Å². The molecule has 0 radical (unpaired) electrons. The molecule has 2 aromatic rings. The Labute approximate surface area is 149 Å². The van der Waals surface area contributed by atoms with Crippen molar-refractivity contribution >= 4 is 17.3 Å². The Bertz CT molecular complexity index is 732. The van der Waals surface area contributed by atoms with Crippen LogP contribution in [0.2, 0.25) is 0 Å². The van der Waals surface area contributed by atoms with Gasteiger partial charge in [0.05, 0.1) is 11.3 Å². The maximum absolute atomic E-state index is 12.3. The van der Waals surface area contributed by atoms with Crippen LogP contribution in [0.4, 0.5) is 11.4 Å². The summed E-state index contributed by atoms with van der Waals surface area (Å²) in [5.74, 6) is -0.172. The first kappa shape index (κ1) is 18.5. The molecule has 0 saturated carbocycles. The fourth-order valence-corrected chi connectivity index (χ4v) is 2.59. The zero-order valence-corrected chi connectivity index (χ0v) is 14.9. The lowest BCUT2D eigenvalue weighted by atomic mass is 10.1. The lowest BCUT2D eigenvalue weighted by Crippen LogP contribution is -2.32. The molecule has 0 bridgehead atoms. The van der Waals surface area contributed by atoms with Crippen LogP contribution in [0.1, 0.15) is 44.2 Å². The molecule has 2 rings (SSSR count). The Balaban J connectivity index is 1.91. The van der Waals surface area contributed by atoms with Crippen LogP contribution in [0.5, 0.6) is 0 Å². The first-order valence-electron chi connectivity index (χ1n) is 8.79. The molecule has 4 heteroatoms. The van der Waals surface area contributed by atoms with Gasteiger partial charge in [-0.3, -0.25) is 4.79 Å². The summed E-state index contributed by atoms with van der Waals surface area (Å²) in [5, 5.41) is 15.1. The summed E-state index contributed by atoms with van der Waals surface area (Å²) in [6.07, 6.45) is 4.78. The zero-order valence-electron chi connectivity index (χ0n) is 14.9. The molecule has 0 aliphatic heterocycles. The van der Waals surface area contributed by atoms with E-state index in [2.05, 4.69) is 35.8 Å². The zero-order chi connectivity index (χ0) is 18.1. The third-order valence-corrected chi connectivity index (χ3v) is 4.10. The highest BCUT2D eigenvalue weighted by Gasteiger charge is 2.14. The number of carbonyl (C=O) groups is 1. The molecule has 0 aliphatic carbocycles. The normalized spacial score (nSPS) is 11.4. The summed E-state index contributed by atoms with van der Waals surface area (Å²) in [6, 6.07) is 16.9. The second-order valence-corrected chi connectivity index (χ2v) is 6.17. The number of nitriles is 1. The smallest absolute Gasteiger partial charge is 0.246 e. The number of benzene rings is 2. The predicted molar refractivity (Wildman–Crippen MR) is 103 cm³/mol. The van der Waals surface area contributed by atoms with Gasteiger partial charge in [0, 0.05) is 5.69 Å². The van der Waals surface area contributed by atoms with E-state index in [4.69, 9.17) is 5.26 Å². The second-order valence-electron chi connectivity index (χ2n) is 6.17. The van der Waals surface area contributed by atoms with Crippen LogP contribution in [-0.2, 0) is 11.2 Å². The van der Waals surface area contributed by atoms with Gasteiger partial charge < -0.3 is 10.6 Å². The van der Waals surface area contributed by atoms with E-state index in [0.717, 1.165) is 12.1 Å². The third-order valence-electron chi connectivity index (χ3n) is 4.10. The van der Waals surface area contributed by atoms with Crippen LogP contribution in [0, 0.1) is 11.3 Å². The minimum absolute atomic E-state index is 0.172. The highest BCUT2D eigenvalue weighted by atomic mass is 16.2. The van der Waals surface area contributed by atoms with Crippen molar-refractivity contribution in [3.05, 3.63) is 59.7 Å². The van der Waals surface area contributed by atoms with Gasteiger partial charge in [-0.15, -0.1) is 0 Å². The summed E-state index contributed by atoms with van der Waals surface area (Å²) in [4.78, 5) is 12.3. The van der Waals surface area contributed by atoms with E-state index in [0.29, 0.717) is 11.3 Å². The number of aryl methyl sites for hydroxylation is 1. The molecule has 0 fully saturated rings. The lowest BCUT2D eigenvalue weighted by molar-refractivity contribution is -0.116. The standard InChI is InChI=1S/C21H25N3O/c1-3-4-5-8-17-11-13-19(14-12-17)23-16(2)21(25)24-20-10-7-6-9-18(20)15-22/h6-7,9-14,16,23H,3-5,8H2,1-2H3,(H,24,25)/t16-/m1/s1. The van der Waals surface area contributed by atoms with Crippen molar-refractivity contribution in [1.82, 2.24) is 0 Å². The van der Waals surface area contributed by atoms with Crippen molar-refractivity contribution in [2.75, 3.05) is 10.6 Å². The number of hydrogen-bond acceptors (Lipinski definition) is 3. The molecule has 25 heavy (non-hydrogen) atoms. The van der Waals surface area contributed by atoms with Crippen molar-refractivity contribution in [1.29, 1.82) is 5.26 Å². The predicted octanol–water partition coefficient (Wildman–Crippen LogP) is 4.73. The Morgan fingerprint density at radius 2 is 1.84 bits per heavy atom. The summed E-state index contributed by atoms with van der Waals surface area (Å²) in [5.41, 5.74) is 3.23. The monoisotopic (exact) mass is 335 g/mol. The van der Waals surface area contributed by atoms with Gasteiger partial charge in [0.15, 0.2) is 0 Å². The highest BCUT2D eigenvalue weighted by Crippen LogP contribution is 2.16. The summed E-state index contributed by atoms with van der Waals surface area (Å²) >= 11 is 0. The molecule has 0 spiro atoms. The molecule has 0 aliphatic rings. The van der Waals surface area contributed by atoms with Crippen LogP contribution in [0.3, 0.4) is 0 Å². The van der Waals surface area contributed by atoms with Crippen molar-refractivity contribution < 1.29 is 4.79 Å². The summed E-state index contributed by atoms with van der Waals surface area (Å²) < 4.78 is 0. The van der Waals surface area contributed by atoms with E-state index in [1.165, 1.54) is 24.8 Å². The van der Waals surface area contributed by atoms with E-state index in [-0.39, 0.29) is 5.91 Å². The van der Waals surface area contributed by atoms with Crippen molar-refractivity contribution in [3.8, 4) is 6.07 Å². The minimum atomic E-state index is -0.405. The molecule has 1 atom stereocenters. The van der Waals surface area contributed by atoms with E-state index < -0.39 is 6.04 Å². The number of nitrogens with zero attached hydrogens (tertiary/aromatic N) is 1. The van der Waals surface area contributed by atoms with Gasteiger partial charge in [-0.1, -0.05) is 44.0 Å². The van der Waals surface area contributed by atoms with Crippen LogP contribution < -0.4 is 10.6 Å². The Morgan fingerprint density at radius 3 is 2.52 bits per heavy atom. The SMILES string of the molecule is CCCCCc1ccc(N[C@H](C)C(=O)Nc2ccccc2C#N)cc1. The van der Waals surface area contributed by atoms with Gasteiger partial charge in [0.25, 0.3) is 0 Å². The van der Waals surface area contributed by atoms with Gasteiger partial charge in [0.2, 0.25) is 5.91 Å². The lowest BCUT2D eigenvalue weighted by Gasteiger charge is -2.16. The molecule has 130 valence electrons. The average molecular weight is 335 g/mol. The molecule has 4 nitrogen and oxygen atoms in total. The van der Waals surface area contributed by atoms with Gasteiger partial charge >= 0.3 is 0 Å². The third kappa shape index (κ3) is 5.65. The number of carbonyl (C=O) groups excluding carboxylic acids is 1. The number of para-hydroxylation sites is 1. The van der Waals surface area contributed by atoms with Crippen LogP contribution in [-0.4, -0.2) is 11.9 Å². The maximum atomic E-state index is 12.3. The fourth-order valence-electron chi connectivity index (χ4n) is 2.59. The largest absolute Gasteiger partial charge is 0.374 e. The fraction of sp³-hybridized carbons (Fsp3) is 0.333. The van der Waals surface area contributed by atoms with E-state index >= 15 is 0 Å². The average Bonchev–Trinajstić information content (AvgIpc) is 2.63. The number of anilines is 2. The van der Waals surface area contributed by atoms with Gasteiger partial charge in [0.1, 0.15) is 12.1 Å². The molecule has 0 aromatic heterocycles.